The molecule has 2 rings (SSSR count). The van der Waals surface area contributed by atoms with Crippen molar-refractivity contribution in [2.75, 3.05) is 7.05 Å². The van der Waals surface area contributed by atoms with Crippen molar-refractivity contribution in [2.24, 2.45) is 0 Å². The summed E-state index contributed by atoms with van der Waals surface area (Å²) >= 11 is 3.64. The minimum Gasteiger partial charge on any atom is -0.487 e. The SMILES string of the molecule is CCc1nn(CC)c(COc2cccc(CNC)c2)c1Br. The van der Waals surface area contributed by atoms with E-state index >= 15 is 0 Å². The van der Waals surface area contributed by atoms with Gasteiger partial charge in [0, 0.05) is 13.1 Å². The number of nitrogens with one attached hydrogen (secondary N) is 1. The molecule has 0 aliphatic carbocycles. The number of benzene rings is 1. The Morgan fingerprint density at radius 1 is 1.33 bits per heavy atom. The topological polar surface area (TPSA) is 39.1 Å². The van der Waals surface area contributed by atoms with E-state index in [4.69, 9.17) is 4.74 Å². The molecule has 0 saturated carbocycles. The number of halogens is 1. The van der Waals surface area contributed by atoms with Crippen LogP contribution in [-0.4, -0.2) is 16.8 Å². The first kappa shape index (κ1) is 16.0. The number of aryl methyl sites for hydroxylation is 2. The molecule has 4 nitrogen and oxygen atoms in total. The Kier molecular flexibility index (Phi) is 5.82. The van der Waals surface area contributed by atoms with E-state index in [1.807, 2.05) is 23.9 Å². The maximum atomic E-state index is 5.94. The summed E-state index contributed by atoms with van der Waals surface area (Å²) in [5.74, 6) is 0.886. The average Bonchev–Trinajstić information content (AvgIpc) is 2.81. The van der Waals surface area contributed by atoms with Gasteiger partial charge in [-0.1, -0.05) is 19.1 Å². The summed E-state index contributed by atoms with van der Waals surface area (Å²) in [6, 6.07) is 8.16. The highest BCUT2D eigenvalue weighted by molar-refractivity contribution is 9.10. The predicted octanol–water partition coefficient (Wildman–Crippen LogP) is 3.53. The molecule has 0 fully saturated rings. The Hall–Kier alpha value is -1.33. The molecule has 0 aliphatic rings. The fourth-order valence-corrected chi connectivity index (χ4v) is 2.94. The van der Waals surface area contributed by atoms with Crippen molar-refractivity contribution in [1.82, 2.24) is 15.1 Å². The van der Waals surface area contributed by atoms with Crippen molar-refractivity contribution >= 4 is 15.9 Å². The van der Waals surface area contributed by atoms with E-state index in [2.05, 4.69) is 52.3 Å². The number of rotatable bonds is 7. The smallest absolute Gasteiger partial charge is 0.131 e. The van der Waals surface area contributed by atoms with Gasteiger partial charge in [0.05, 0.1) is 15.9 Å². The van der Waals surface area contributed by atoms with E-state index in [0.717, 1.165) is 41.1 Å². The molecule has 5 heteroatoms. The lowest BCUT2D eigenvalue weighted by Crippen LogP contribution is -2.07. The van der Waals surface area contributed by atoms with E-state index < -0.39 is 0 Å². The summed E-state index contributed by atoms with van der Waals surface area (Å²) in [7, 11) is 1.94. The molecule has 114 valence electrons. The highest BCUT2D eigenvalue weighted by Crippen LogP contribution is 2.24. The minimum atomic E-state index is 0.518. The largest absolute Gasteiger partial charge is 0.487 e. The predicted molar refractivity (Wildman–Crippen MR) is 88.5 cm³/mol. The Bertz CT molecular complexity index is 595. The van der Waals surface area contributed by atoms with Crippen LogP contribution in [0.15, 0.2) is 28.7 Å². The molecule has 21 heavy (non-hydrogen) atoms. The summed E-state index contributed by atoms with van der Waals surface area (Å²) < 4.78 is 9.01. The van der Waals surface area contributed by atoms with Gasteiger partial charge in [0.25, 0.3) is 0 Å². The Morgan fingerprint density at radius 3 is 2.81 bits per heavy atom. The van der Waals surface area contributed by atoms with Crippen LogP contribution in [0.4, 0.5) is 0 Å². The van der Waals surface area contributed by atoms with Gasteiger partial charge in [0.2, 0.25) is 0 Å². The molecular weight excluding hydrogens is 330 g/mol. The molecule has 0 bridgehead atoms. The lowest BCUT2D eigenvalue weighted by atomic mass is 10.2. The second-order valence-corrected chi connectivity index (χ2v) is 5.64. The van der Waals surface area contributed by atoms with Gasteiger partial charge in [-0.3, -0.25) is 4.68 Å². The highest BCUT2D eigenvalue weighted by atomic mass is 79.9. The van der Waals surface area contributed by atoms with Crippen molar-refractivity contribution in [1.29, 1.82) is 0 Å². The average molecular weight is 352 g/mol. The van der Waals surface area contributed by atoms with Gasteiger partial charge >= 0.3 is 0 Å². The number of hydrogen-bond acceptors (Lipinski definition) is 3. The fraction of sp³-hybridized carbons (Fsp3) is 0.438. The molecule has 1 aromatic heterocycles. The molecule has 1 heterocycles. The van der Waals surface area contributed by atoms with Crippen LogP contribution >= 0.6 is 15.9 Å². The first-order valence-corrected chi connectivity index (χ1v) is 8.09. The zero-order valence-corrected chi connectivity index (χ0v) is 14.4. The minimum absolute atomic E-state index is 0.518. The maximum Gasteiger partial charge on any atom is 0.131 e. The van der Waals surface area contributed by atoms with Crippen LogP contribution in [0.2, 0.25) is 0 Å². The van der Waals surface area contributed by atoms with Crippen molar-refractivity contribution in [3.05, 3.63) is 45.7 Å². The van der Waals surface area contributed by atoms with Gasteiger partial charge in [-0.05, 0) is 54.0 Å². The van der Waals surface area contributed by atoms with Crippen molar-refractivity contribution < 1.29 is 4.74 Å². The zero-order valence-electron chi connectivity index (χ0n) is 12.8. The molecule has 1 aromatic carbocycles. The van der Waals surface area contributed by atoms with E-state index in [-0.39, 0.29) is 0 Å². The van der Waals surface area contributed by atoms with Gasteiger partial charge in [-0.2, -0.15) is 5.10 Å². The molecule has 0 atom stereocenters. The van der Waals surface area contributed by atoms with Gasteiger partial charge in [0.15, 0.2) is 0 Å². The first-order chi connectivity index (χ1) is 10.2. The summed E-state index contributed by atoms with van der Waals surface area (Å²) in [6.07, 6.45) is 0.915. The van der Waals surface area contributed by atoms with E-state index in [9.17, 15) is 0 Å². The molecular formula is C16H22BrN3O. The highest BCUT2D eigenvalue weighted by Gasteiger charge is 2.14. The molecule has 2 aromatic rings. The van der Waals surface area contributed by atoms with Crippen LogP contribution < -0.4 is 10.1 Å². The number of nitrogens with zero attached hydrogens (tertiary/aromatic N) is 2. The molecule has 0 unspecified atom stereocenters. The van der Waals surface area contributed by atoms with E-state index in [0.29, 0.717) is 6.61 Å². The second-order valence-electron chi connectivity index (χ2n) is 4.84. The van der Waals surface area contributed by atoms with Gasteiger partial charge in [0.1, 0.15) is 12.4 Å². The van der Waals surface area contributed by atoms with Crippen LogP contribution in [0.1, 0.15) is 30.8 Å². The van der Waals surface area contributed by atoms with Crippen LogP contribution in [0.25, 0.3) is 0 Å². The Morgan fingerprint density at radius 2 is 2.14 bits per heavy atom. The summed E-state index contributed by atoms with van der Waals surface area (Å²) in [5, 5.41) is 7.73. The third-order valence-electron chi connectivity index (χ3n) is 3.35. The zero-order chi connectivity index (χ0) is 15.2. The molecule has 0 amide bonds. The number of aromatic nitrogens is 2. The van der Waals surface area contributed by atoms with Crippen LogP contribution in [0.5, 0.6) is 5.75 Å². The molecule has 1 N–H and O–H groups in total. The van der Waals surface area contributed by atoms with E-state index in [1.165, 1.54) is 5.56 Å². The van der Waals surface area contributed by atoms with Crippen LogP contribution in [0.3, 0.4) is 0 Å². The van der Waals surface area contributed by atoms with Crippen molar-refractivity contribution in [3.8, 4) is 5.75 Å². The van der Waals surface area contributed by atoms with Crippen molar-refractivity contribution in [2.45, 2.75) is 40.0 Å². The fourth-order valence-electron chi connectivity index (χ4n) is 2.26. The third kappa shape index (κ3) is 3.86. The molecule has 0 aliphatic heterocycles. The quantitative estimate of drug-likeness (QED) is 0.829. The van der Waals surface area contributed by atoms with Gasteiger partial charge < -0.3 is 10.1 Å². The molecule has 0 saturated heterocycles. The summed E-state index contributed by atoms with van der Waals surface area (Å²) in [4.78, 5) is 0. The van der Waals surface area contributed by atoms with Gasteiger partial charge in [-0.25, -0.2) is 0 Å². The number of ether oxygens (including phenoxy) is 1. The standard InChI is InChI=1S/C16H22BrN3O/c1-4-14-16(17)15(20(5-2)19-14)11-21-13-8-6-7-12(9-13)10-18-3/h6-9,18H,4-5,10-11H2,1-3H3. The Labute approximate surface area is 134 Å². The normalized spacial score (nSPS) is 10.9. The summed E-state index contributed by atoms with van der Waals surface area (Å²) in [6.45, 7) is 6.41. The molecule has 0 radical (unpaired) electrons. The van der Waals surface area contributed by atoms with E-state index in [1.54, 1.807) is 0 Å². The third-order valence-corrected chi connectivity index (χ3v) is 4.26. The maximum absolute atomic E-state index is 5.94. The molecule has 0 spiro atoms. The number of hydrogen-bond donors (Lipinski definition) is 1. The summed E-state index contributed by atoms with van der Waals surface area (Å²) in [5.41, 5.74) is 3.39. The van der Waals surface area contributed by atoms with Crippen molar-refractivity contribution in [3.63, 3.8) is 0 Å². The second kappa shape index (κ2) is 7.61. The van der Waals surface area contributed by atoms with Crippen LogP contribution in [0, 0.1) is 0 Å². The first-order valence-electron chi connectivity index (χ1n) is 7.30. The lowest BCUT2D eigenvalue weighted by Gasteiger charge is -2.10. The van der Waals surface area contributed by atoms with Gasteiger partial charge in [-0.15, -0.1) is 0 Å². The van der Waals surface area contributed by atoms with Crippen LogP contribution in [-0.2, 0) is 26.1 Å². The Balaban J connectivity index is 2.12. The lowest BCUT2D eigenvalue weighted by molar-refractivity contribution is 0.291. The monoisotopic (exact) mass is 351 g/mol.